The van der Waals surface area contributed by atoms with E-state index in [4.69, 9.17) is 9.84 Å². The van der Waals surface area contributed by atoms with Crippen molar-refractivity contribution in [1.82, 2.24) is 5.32 Å². The summed E-state index contributed by atoms with van der Waals surface area (Å²) in [6.45, 7) is -0.00573. The molecule has 1 aromatic carbocycles. The number of hydrogen-bond donors (Lipinski definition) is 2. The number of carbonyl (C=O) groups is 2. The van der Waals surface area contributed by atoms with Crippen molar-refractivity contribution in [2.75, 3.05) is 13.7 Å². The summed E-state index contributed by atoms with van der Waals surface area (Å²) in [5, 5.41) is 11.4. The summed E-state index contributed by atoms with van der Waals surface area (Å²) in [5.41, 5.74) is 1.13. The first-order valence-corrected chi connectivity index (χ1v) is 7.11. The fraction of sp³-hybridized carbons (Fsp3) is 0.429. The van der Waals surface area contributed by atoms with E-state index in [1.807, 2.05) is 24.3 Å². The molecule has 0 bridgehead atoms. The molecule has 108 valence electrons. The Bertz CT molecular complexity index is 502. The van der Waals surface area contributed by atoms with Gasteiger partial charge in [0, 0.05) is 17.5 Å². The zero-order valence-corrected chi connectivity index (χ0v) is 12.6. The number of amides is 1. The normalized spacial score (nSPS) is 22.1. The van der Waals surface area contributed by atoms with Gasteiger partial charge in [0.2, 0.25) is 5.91 Å². The molecule has 6 heteroatoms. The van der Waals surface area contributed by atoms with Crippen LogP contribution in [0.2, 0.25) is 0 Å². The molecule has 1 aliphatic carbocycles. The van der Waals surface area contributed by atoms with Gasteiger partial charge in [0.05, 0.1) is 6.54 Å². The zero-order chi connectivity index (χ0) is 14.7. The van der Waals surface area contributed by atoms with E-state index in [2.05, 4.69) is 21.2 Å². The summed E-state index contributed by atoms with van der Waals surface area (Å²) in [6.07, 6.45) is -0.193. The number of carboxylic acid groups (broad SMARTS) is 1. The van der Waals surface area contributed by atoms with Gasteiger partial charge in [0.1, 0.15) is 0 Å². The van der Waals surface area contributed by atoms with Crippen molar-refractivity contribution >= 4 is 27.8 Å². The van der Waals surface area contributed by atoms with Crippen LogP contribution in [0.25, 0.3) is 0 Å². The minimum absolute atomic E-state index is 0.00573. The molecule has 1 fully saturated rings. The van der Waals surface area contributed by atoms with Crippen LogP contribution in [0.4, 0.5) is 0 Å². The van der Waals surface area contributed by atoms with Crippen molar-refractivity contribution in [3.05, 3.63) is 34.3 Å². The lowest BCUT2D eigenvalue weighted by atomic mass is 10.1. The predicted molar refractivity (Wildman–Crippen MR) is 76.4 cm³/mol. The van der Waals surface area contributed by atoms with Crippen molar-refractivity contribution in [3.8, 4) is 0 Å². The first kappa shape index (κ1) is 15.0. The number of ether oxygens (including phenoxy) is 1. The number of halogens is 1. The molecule has 20 heavy (non-hydrogen) atoms. The first-order chi connectivity index (χ1) is 9.52. The highest BCUT2D eigenvalue weighted by Crippen LogP contribution is 2.47. The maximum atomic E-state index is 11.9. The third-order valence-corrected chi connectivity index (χ3v) is 3.98. The Morgan fingerprint density at radius 1 is 1.45 bits per heavy atom. The van der Waals surface area contributed by atoms with E-state index in [0.717, 1.165) is 16.5 Å². The van der Waals surface area contributed by atoms with Gasteiger partial charge < -0.3 is 15.2 Å². The van der Waals surface area contributed by atoms with Crippen LogP contribution >= 0.6 is 15.9 Å². The number of nitrogens with one attached hydrogen (secondary N) is 1. The highest BCUT2D eigenvalue weighted by Gasteiger charge is 2.43. The second-order valence-corrected chi connectivity index (χ2v) is 5.72. The highest BCUT2D eigenvalue weighted by molar-refractivity contribution is 9.10. The maximum Gasteiger partial charge on any atom is 0.334 e. The molecule has 2 rings (SSSR count). The third kappa shape index (κ3) is 3.58. The number of carboxylic acids is 1. The molecule has 0 spiro atoms. The number of rotatable bonds is 6. The molecule has 0 aliphatic heterocycles. The van der Waals surface area contributed by atoms with Gasteiger partial charge in [-0.3, -0.25) is 4.79 Å². The number of methoxy groups -OCH3 is 1. The van der Waals surface area contributed by atoms with Crippen molar-refractivity contribution in [1.29, 1.82) is 0 Å². The van der Waals surface area contributed by atoms with Gasteiger partial charge >= 0.3 is 5.97 Å². The number of aliphatic carboxylic acids is 1. The molecule has 1 aromatic rings. The second-order valence-electron chi connectivity index (χ2n) is 4.81. The Labute approximate surface area is 125 Å². The molecule has 0 aromatic heterocycles. The van der Waals surface area contributed by atoms with Crippen LogP contribution in [0.15, 0.2) is 28.7 Å². The molecule has 3 atom stereocenters. The largest absolute Gasteiger partial charge is 0.479 e. The van der Waals surface area contributed by atoms with Crippen LogP contribution in [0.5, 0.6) is 0 Å². The molecule has 0 saturated heterocycles. The quantitative estimate of drug-likeness (QED) is 0.826. The van der Waals surface area contributed by atoms with E-state index in [9.17, 15) is 9.59 Å². The van der Waals surface area contributed by atoms with Crippen molar-refractivity contribution < 1.29 is 19.4 Å². The van der Waals surface area contributed by atoms with Gasteiger partial charge in [-0.05, 0) is 30.0 Å². The van der Waals surface area contributed by atoms with Crippen LogP contribution in [0.3, 0.4) is 0 Å². The van der Waals surface area contributed by atoms with E-state index in [-0.39, 0.29) is 24.3 Å². The molecule has 2 N–H and O–H groups in total. The molecule has 1 amide bonds. The Morgan fingerprint density at radius 2 is 2.10 bits per heavy atom. The van der Waals surface area contributed by atoms with Crippen LogP contribution in [-0.2, 0) is 14.3 Å². The lowest BCUT2D eigenvalue weighted by molar-refractivity contribution is -0.148. The topological polar surface area (TPSA) is 75.6 Å². The average Bonchev–Trinajstić information content (AvgIpc) is 3.20. The first-order valence-electron chi connectivity index (χ1n) is 6.31. The van der Waals surface area contributed by atoms with Crippen LogP contribution in [0.1, 0.15) is 17.9 Å². The summed E-state index contributed by atoms with van der Waals surface area (Å²) < 4.78 is 5.77. The fourth-order valence-corrected chi connectivity index (χ4v) is 2.42. The van der Waals surface area contributed by atoms with Gasteiger partial charge in [-0.1, -0.05) is 28.1 Å². The molecular formula is C14H16BrNO4. The summed E-state index contributed by atoms with van der Waals surface area (Å²) >= 11 is 3.37. The lowest BCUT2D eigenvalue weighted by Crippen LogP contribution is -2.38. The van der Waals surface area contributed by atoms with Gasteiger partial charge in [-0.15, -0.1) is 0 Å². The minimum Gasteiger partial charge on any atom is -0.479 e. The molecular weight excluding hydrogens is 326 g/mol. The SMILES string of the molecule is COC(CNC(=O)C1CC1c1ccc(Br)cc1)C(=O)O. The molecule has 5 nitrogen and oxygen atoms in total. The Kier molecular flexibility index (Phi) is 4.77. The number of carbonyl (C=O) groups excluding carboxylic acids is 1. The van der Waals surface area contributed by atoms with E-state index in [0.29, 0.717) is 0 Å². The van der Waals surface area contributed by atoms with Crippen molar-refractivity contribution in [2.45, 2.75) is 18.4 Å². The maximum absolute atomic E-state index is 11.9. The predicted octanol–water partition coefficient (Wildman–Crippen LogP) is 1.77. The Hall–Kier alpha value is -1.40. The number of hydrogen-bond acceptors (Lipinski definition) is 3. The van der Waals surface area contributed by atoms with Crippen molar-refractivity contribution in [2.24, 2.45) is 5.92 Å². The van der Waals surface area contributed by atoms with Gasteiger partial charge in [-0.2, -0.15) is 0 Å². The Morgan fingerprint density at radius 3 is 2.65 bits per heavy atom. The summed E-state index contributed by atoms with van der Waals surface area (Å²) in [5.74, 6) is -1.02. The summed E-state index contributed by atoms with van der Waals surface area (Å²) in [6, 6.07) is 7.90. The van der Waals surface area contributed by atoms with Gasteiger partial charge in [0.15, 0.2) is 6.10 Å². The van der Waals surface area contributed by atoms with E-state index >= 15 is 0 Å². The lowest BCUT2D eigenvalue weighted by Gasteiger charge is -2.11. The van der Waals surface area contributed by atoms with Crippen LogP contribution < -0.4 is 5.32 Å². The zero-order valence-electron chi connectivity index (χ0n) is 11.0. The van der Waals surface area contributed by atoms with E-state index < -0.39 is 12.1 Å². The molecule has 0 heterocycles. The average molecular weight is 342 g/mol. The molecule has 1 aliphatic rings. The third-order valence-electron chi connectivity index (χ3n) is 3.45. The van der Waals surface area contributed by atoms with Gasteiger partial charge in [-0.25, -0.2) is 4.79 Å². The summed E-state index contributed by atoms with van der Waals surface area (Å²) in [4.78, 5) is 22.7. The van der Waals surface area contributed by atoms with E-state index in [1.165, 1.54) is 7.11 Å². The molecule has 3 unspecified atom stereocenters. The minimum atomic E-state index is -1.08. The summed E-state index contributed by atoms with van der Waals surface area (Å²) in [7, 11) is 1.31. The Balaban J connectivity index is 1.84. The fourth-order valence-electron chi connectivity index (χ4n) is 2.16. The van der Waals surface area contributed by atoms with Crippen LogP contribution in [0, 0.1) is 5.92 Å². The standard InChI is InChI=1S/C14H16BrNO4/c1-20-12(14(18)19)7-16-13(17)11-6-10(11)8-2-4-9(15)5-3-8/h2-5,10-12H,6-7H2,1H3,(H,16,17)(H,18,19). The van der Waals surface area contributed by atoms with E-state index in [1.54, 1.807) is 0 Å². The molecule has 0 radical (unpaired) electrons. The number of benzene rings is 1. The van der Waals surface area contributed by atoms with Crippen molar-refractivity contribution in [3.63, 3.8) is 0 Å². The highest BCUT2D eigenvalue weighted by atomic mass is 79.9. The van der Waals surface area contributed by atoms with Crippen LogP contribution in [-0.4, -0.2) is 36.7 Å². The molecule has 1 saturated carbocycles. The monoisotopic (exact) mass is 341 g/mol. The smallest absolute Gasteiger partial charge is 0.334 e. The second kappa shape index (κ2) is 6.37. The van der Waals surface area contributed by atoms with Gasteiger partial charge in [0.25, 0.3) is 0 Å².